The fraction of sp³-hybridized carbons (Fsp3) is 0.750. The van der Waals surface area contributed by atoms with E-state index in [1.807, 2.05) is 0 Å². The Morgan fingerprint density at radius 3 is 2.56 bits per heavy atom. The summed E-state index contributed by atoms with van der Waals surface area (Å²) in [6.07, 6.45) is 6.35. The monoisotopic (exact) mass is 127 g/mol. The maximum absolute atomic E-state index is 10.4. The molecule has 0 aromatic carbocycles. The topological polar surface area (TPSA) is 17.1 Å². The summed E-state index contributed by atoms with van der Waals surface area (Å²) >= 11 is 0. The van der Waals surface area contributed by atoms with E-state index in [0.29, 0.717) is 0 Å². The normalized spacial score (nSPS) is 9.56. The molecule has 0 rings (SSSR count). The van der Waals surface area contributed by atoms with Crippen molar-refractivity contribution >= 4 is 5.78 Å². The van der Waals surface area contributed by atoms with E-state index in [0.717, 1.165) is 12.8 Å². The lowest BCUT2D eigenvalue weighted by atomic mass is 10.1. The molecule has 0 aromatic rings. The highest BCUT2D eigenvalue weighted by molar-refractivity contribution is 5.84. The zero-order valence-corrected chi connectivity index (χ0v) is 6.31. The van der Waals surface area contributed by atoms with E-state index >= 15 is 0 Å². The largest absolute Gasteiger partial charge is 0.300 e. The third kappa shape index (κ3) is 7.67. The number of carbonyl (C=O) groups is 1. The molecular formula is C8H15O. The van der Waals surface area contributed by atoms with Crippen LogP contribution in [0.1, 0.15) is 39.5 Å². The van der Waals surface area contributed by atoms with Crippen LogP contribution in [0.4, 0.5) is 0 Å². The zero-order valence-electron chi connectivity index (χ0n) is 6.31. The Morgan fingerprint density at radius 2 is 2.11 bits per heavy atom. The van der Waals surface area contributed by atoms with Gasteiger partial charge in [-0.15, -0.1) is 0 Å². The average molecular weight is 127 g/mol. The van der Waals surface area contributed by atoms with Gasteiger partial charge in [-0.3, -0.25) is 4.79 Å². The maximum atomic E-state index is 10.4. The van der Waals surface area contributed by atoms with Gasteiger partial charge in [-0.2, -0.15) is 0 Å². The van der Waals surface area contributed by atoms with Crippen molar-refractivity contribution in [2.75, 3.05) is 0 Å². The number of rotatable bonds is 5. The van der Waals surface area contributed by atoms with Crippen molar-refractivity contribution in [3.63, 3.8) is 0 Å². The van der Waals surface area contributed by atoms with E-state index in [1.165, 1.54) is 12.8 Å². The van der Waals surface area contributed by atoms with Crippen molar-refractivity contribution < 1.29 is 4.79 Å². The standard InChI is InChI=1S/C8H15O/c1-3-4-5-6-7-8(2)9/h7H,3-6H2,1-2H3. The van der Waals surface area contributed by atoms with Gasteiger partial charge in [0, 0.05) is 6.42 Å². The number of carbonyl (C=O) groups excluding carboxylic acids is 1. The Balaban J connectivity index is 2.83. The Hall–Kier alpha value is -0.330. The molecule has 0 aliphatic heterocycles. The lowest BCUT2D eigenvalue weighted by Gasteiger charge is -1.93. The Labute approximate surface area is 57.5 Å². The van der Waals surface area contributed by atoms with E-state index < -0.39 is 0 Å². The van der Waals surface area contributed by atoms with Gasteiger partial charge < -0.3 is 0 Å². The van der Waals surface area contributed by atoms with Crippen LogP contribution in [0.15, 0.2) is 0 Å². The van der Waals surface area contributed by atoms with Crippen LogP contribution in [-0.4, -0.2) is 5.78 Å². The maximum Gasteiger partial charge on any atom is 0.133 e. The van der Waals surface area contributed by atoms with Gasteiger partial charge in [0.15, 0.2) is 0 Å². The van der Waals surface area contributed by atoms with Crippen LogP contribution >= 0.6 is 0 Å². The molecule has 1 heteroatoms. The molecule has 0 unspecified atom stereocenters. The second-order valence-electron chi connectivity index (χ2n) is 2.31. The second-order valence-corrected chi connectivity index (χ2v) is 2.31. The highest BCUT2D eigenvalue weighted by atomic mass is 16.1. The zero-order chi connectivity index (χ0) is 7.11. The van der Waals surface area contributed by atoms with Crippen LogP contribution in [0.2, 0.25) is 0 Å². The molecule has 1 radical (unpaired) electrons. The summed E-state index contributed by atoms with van der Waals surface area (Å²) in [6.45, 7) is 3.76. The Kier molecular flexibility index (Phi) is 5.59. The minimum atomic E-state index is 0.200. The minimum absolute atomic E-state index is 0.200. The lowest BCUT2D eigenvalue weighted by molar-refractivity contribution is -0.114. The summed E-state index contributed by atoms with van der Waals surface area (Å²) in [7, 11) is 0. The summed E-state index contributed by atoms with van der Waals surface area (Å²) in [6, 6.07) is 0. The van der Waals surface area contributed by atoms with Crippen molar-refractivity contribution in [2.24, 2.45) is 0 Å². The average Bonchev–Trinajstić information content (AvgIpc) is 1.80. The fourth-order valence-electron chi connectivity index (χ4n) is 0.700. The molecule has 9 heavy (non-hydrogen) atoms. The number of hydrogen-bond acceptors (Lipinski definition) is 1. The summed E-state index contributed by atoms with van der Waals surface area (Å²) in [5.74, 6) is 0.200. The van der Waals surface area contributed by atoms with Gasteiger partial charge in [0.2, 0.25) is 0 Å². The number of unbranched alkanes of at least 4 members (excludes halogenated alkanes) is 3. The molecule has 0 atom stereocenters. The van der Waals surface area contributed by atoms with Gasteiger partial charge in [-0.25, -0.2) is 0 Å². The van der Waals surface area contributed by atoms with Crippen molar-refractivity contribution in [2.45, 2.75) is 39.5 Å². The van der Waals surface area contributed by atoms with Crippen LogP contribution in [-0.2, 0) is 4.79 Å². The fourth-order valence-corrected chi connectivity index (χ4v) is 0.700. The Bertz CT molecular complexity index is 76.6. The first-order chi connectivity index (χ1) is 4.27. The third-order valence-electron chi connectivity index (χ3n) is 1.24. The summed E-state index contributed by atoms with van der Waals surface area (Å²) in [5.41, 5.74) is 0. The summed E-state index contributed by atoms with van der Waals surface area (Å²) in [5, 5.41) is 0. The molecule has 0 fully saturated rings. The molecule has 1 nitrogen and oxygen atoms in total. The van der Waals surface area contributed by atoms with E-state index in [9.17, 15) is 4.79 Å². The number of hydrogen-bond donors (Lipinski definition) is 0. The molecule has 0 saturated carbocycles. The highest BCUT2D eigenvalue weighted by Crippen LogP contribution is 2.00. The van der Waals surface area contributed by atoms with E-state index in [-0.39, 0.29) is 5.78 Å². The van der Waals surface area contributed by atoms with Crippen molar-refractivity contribution in [1.82, 2.24) is 0 Å². The highest BCUT2D eigenvalue weighted by Gasteiger charge is 1.91. The van der Waals surface area contributed by atoms with Crippen molar-refractivity contribution in [3.05, 3.63) is 6.42 Å². The van der Waals surface area contributed by atoms with E-state index in [4.69, 9.17) is 0 Å². The molecule has 0 saturated heterocycles. The minimum Gasteiger partial charge on any atom is -0.300 e. The van der Waals surface area contributed by atoms with Crippen LogP contribution in [0, 0.1) is 6.42 Å². The van der Waals surface area contributed by atoms with Crippen LogP contribution in [0.3, 0.4) is 0 Å². The predicted molar refractivity (Wildman–Crippen MR) is 39.1 cm³/mol. The molecule has 0 amide bonds. The first-order valence-electron chi connectivity index (χ1n) is 3.61. The third-order valence-corrected chi connectivity index (χ3v) is 1.24. The van der Waals surface area contributed by atoms with Gasteiger partial charge in [0.1, 0.15) is 5.78 Å². The van der Waals surface area contributed by atoms with Crippen molar-refractivity contribution in [3.8, 4) is 0 Å². The molecule has 0 aliphatic rings. The second kappa shape index (κ2) is 5.80. The quantitative estimate of drug-likeness (QED) is 0.518. The van der Waals surface area contributed by atoms with E-state index in [2.05, 4.69) is 6.92 Å². The molecule has 0 heterocycles. The molecule has 0 aromatic heterocycles. The van der Waals surface area contributed by atoms with Gasteiger partial charge in [-0.05, 0) is 13.3 Å². The summed E-state index contributed by atoms with van der Waals surface area (Å²) < 4.78 is 0. The van der Waals surface area contributed by atoms with E-state index in [1.54, 1.807) is 13.3 Å². The molecule has 0 aliphatic carbocycles. The van der Waals surface area contributed by atoms with Gasteiger partial charge in [0.25, 0.3) is 0 Å². The van der Waals surface area contributed by atoms with Crippen molar-refractivity contribution in [1.29, 1.82) is 0 Å². The smallest absolute Gasteiger partial charge is 0.133 e. The molecule has 0 N–H and O–H groups in total. The lowest BCUT2D eigenvalue weighted by Crippen LogP contribution is -1.89. The summed E-state index contributed by atoms with van der Waals surface area (Å²) in [4.78, 5) is 10.4. The number of ketones is 1. The van der Waals surface area contributed by atoms with Gasteiger partial charge in [0.05, 0.1) is 0 Å². The van der Waals surface area contributed by atoms with Crippen LogP contribution in [0.5, 0.6) is 0 Å². The Morgan fingerprint density at radius 1 is 1.44 bits per heavy atom. The molecule has 53 valence electrons. The molecule has 0 spiro atoms. The van der Waals surface area contributed by atoms with Gasteiger partial charge >= 0.3 is 0 Å². The van der Waals surface area contributed by atoms with Crippen LogP contribution in [0.25, 0.3) is 0 Å². The molecular weight excluding hydrogens is 112 g/mol. The predicted octanol–water partition coefficient (Wildman–Crippen LogP) is 2.36. The van der Waals surface area contributed by atoms with Gasteiger partial charge in [-0.1, -0.05) is 26.2 Å². The number of Topliss-reactive ketones (excluding diaryl/α,β-unsaturated/α-hetero) is 1. The first kappa shape index (κ1) is 8.67. The SMILES string of the molecule is CCCCC[CH]C(C)=O. The van der Waals surface area contributed by atoms with Crippen LogP contribution < -0.4 is 0 Å². The first-order valence-corrected chi connectivity index (χ1v) is 3.61. The molecule has 0 bridgehead atoms.